The molecule has 1 amide bonds. The first-order valence-electron chi connectivity index (χ1n) is 5.93. The molecule has 0 bridgehead atoms. The van der Waals surface area contributed by atoms with Gasteiger partial charge >= 0.3 is 0 Å². The van der Waals surface area contributed by atoms with Crippen molar-refractivity contribution >= 4 is 17.4 Å². The average Bonchev–Trinajstić information content (AvgIpc) is 2.72. The first-order chi connectivity index (χ1) is 8.85. The first-order valence-corrected chi connectivity index (χ1v) is 5.93. The van der Waals surface area contributed by atoms with Crippen LogP contribution in [0.1, 0.15) is 20.8 Å². The summed E-state index contributed by atoms with van der Waals surface area (Å²) in [6, 6.07) is 3.52. The number of carbonyl (C=O) groups excluding carboxylic acids is 1. The minimum atomic E-state index is -0.245. The second-order valence-electron chi connectivity index (χ2n) is 5.37. The number of nitrogens with zero attached hydrogens (tertiary/aromatic N) is 6. The third-order valence-electron chi connectivity index (χ3n) is 2.34. The molecule has 0 radical (unpaired) electrons. The van der Waals surface area contributed by atoms with Gasteiger partial charge in [0.15, 0.2) is 11.5 Å². The second-order valence-corrected chi connectivity index (χ2v) is 5.37. The normalized spacial score (nSPS) is 11.6. The maximum Gasteiger partial charge on any atom is 0.239 e. The maximum absolute atomic E-state index is 11.8. The lowest BCUT2D eigenvalue weighted by atomic mass is 10.1. The van der Waals surface area contributed by atoms with Crippen LogP contribution in [-0.2, 0) is 4.79 Å². The molecule has 2 aromatic heterocycles. The van der Waals surface area contributed by atoms with E-state index in [-0.39, 0.29) is 18.0 Å². The largest absolute Gasteiger partial charge is 0.350 e. The van der Waals surface area contributed by atoms with E-state index in [9.17, 15) is 4.79 Å². The van der Waals surface area contributed by atoms with Gasteiger partial charge in [0.25, 0.3) is 0 Å². The number of rotatable bonds is 3. The van der Waals surface area contributed by atoms with Crippen LogP contribution in [0.15, 0.2) is 12.1 Å². The molecule has 0 unspecified atom stereocenters. The van der Waals surface area contributed by atoms with Crippen LogP contribution < -0.4 is 10.2 Å². The molecule has 0 aliphatic carbocycles. The molecule has 2 aromatic rings. The van der Waals surface area contributed by atoms with Gasteiger partial charge in [0, 0.05) is 12.6 Å². The molecule has 102 valence electrons. The summed E-state index contributed by atoms with van der Waals surface area (Å²) in [6.45, 7) is 6.04. The molecule has 0 aromatic carbocycles. The summed E-state index contributed by atoms with van der Waals surface area (Å²) in [4.78, 5) is 13.6. The van der Waals surface area contributed by atoms with Gasteiger partial charge in [0.05, 0.1) is 6.54 Å². The number of aromatic nitrogens is 5. The molecule has 19 heavy (non-hydrogen) atoms. The lowest BCUT2D eigenvalue weighted by Crippen LogP contribution is -2.45. The summed E-state index contributed by atoms with van der Waals surface area (Å²) >= 11 is 0. The van der Waals surface area contributed by atoms with E-state index in [1.807, 2.05) is 20.8 Å². The van der Waals surface area contributed by atoms with Crippen LogP contribution in [0.25, 0.3) is 5.65 Å². The summed E-state index contributed by atoms with van der Waals surface area (Å²) in [6.07, 6.45) is 0. The van der Waals surface area contributed by atoms with E-state index in [1.54, 1.807) is 24.1 Å². The van der Waals surface area contributed by atoms with E-state index >= 15 is 0 Å². The van der Waals surface area contributed by atoms with Crippen molar-refractivity contribution in [2.45, 2.75) is 26.3 Å². The van der Waals surface area contributed by atoms with E-state index in [4.69, 9.17) is 0 Å². The number of fused-ring (bicyclic) bond motifs is 1. The number of carbonyl (C=O) groups is 1. The molecule has 2 heterocycles. The first kappa shape index (κ1) is 13.2. The van der Waals surface area contributed by atoms with Crippen LogP contribution in [0.3, 0.4) is 0 Å². The zero-order chi connectivity index (χ0) is 14.0. The van der Waals surface area contributed by atoms with E-state index in [1.165, 1.54) is 4.63 Å². The van der Waals surface area contributed by atoms with Crippen molar-refractivity contribution in [3.05, 3.63) is 12.1 Å². The lowest BCUT2D eigenvalue weighted by Gasteiger charge is -2.23. The van der Waals surface area contributed by atoms with Crippen LogP contribution in [0, 0.1) is 0 Å². The Morgan fingerprint density at radius 2 is 2.16 bits per heavy atom. The second kappa shape index (κ2) is 4.79. The highest BCUT2D eigenvalue weighted by Crippen LogP contribution is 2.08. The Balaban J connectivity index is 2.06. The number of hydrogen-bond donors (Lipinski definition) is 1. The quantitative estimate of drug-likeness (QED) is 0.830. The summed E-state index contributed by atoms with van der Waals surface area (Å²) in [5, 5.41) is 18.1. The topological polar surface area (TPSA) is 88.3 Å². The van der Waals surface area contributed by atoms with Crippen LogP contribution in [0.5, 0.6) is 0 Å². The van der Waals surface area contributed by atoms with Crippen LogP contribution in [0.2, 0.25) is 0 Å². The molecule has 0 aliphatic rings. The average molecular weight is 263 g/mol. The zero-order valence-corrected chi connectivity index (χ0v) is 11.5. The zero-order valence-electron chi connectivity index (χ0n) is 11.5. The molecule has 2 rings (SSSR count). The smallest absolute Gasteiger partial charge is 0.239 e. The Labute approximate surface area is 110 Å². The Morgan fingerprint density at radius 3 is 2.84 bits per heavy atom. The molecule has 1 N–H and O–H groups in total. The predicted molar refractivity (Wildman–Crippen MR) is 69.7 cm³/mol. The molecule has 0 atom stereocenters. The Morgan fingerprint density at radius 1 is 1.42 bits per heavy atom. The maximum atomic E-state index is 11.8. The molecule has 0 aliphatic heterocycles. The number of hydrogen-bond acceptors (Lipinski definition) is 6. The van der Waals surface area contributed by atoms with E-state index < -0.39 is 0 Å². The van der Waals surface area contributed by atoms with E-state index in [0.29, 0.717) is 11.5 Å². The van der Waals surface area contributed by atoms with Crippen molar-refractivity contribution in [3.8, 4) is 0 Å². The number of likely N-dealkylation sites (N-methyl/N-ethyl adjacent to an activating group) is 1. The van der Waals surface area contributed by atoms with Crippen molar-refractivity contribution in [1.82, 2.24) is 30.6 Å². The van der Waals surface area contributed by atoms with Gasteiger partial charge in [-0.15, -0.1) is 14.8 Å². The monoisotopic (exact) mass is 263 g/mol. The third-order valence-corrected chi connectivity index (χ3v) is 2.34. The van der Waals surface area contributed by atoms with Crippen LogP contribution in [0.4, 0.5) is 5.82 Å². The summed E-state index contributed by atoms with van der Waals surface area (Å²) < 4.78 is 1.33. The van der Waals surface area contributed by atoms with Gasteiger partial charge in [-0.25, -0.2) is 0 Å². The van der Waals surface area contributed by atoms with E-state index in [0.717, 1.165) is 0 Å². The number of nitrogens with one attached hydrogen (secondary N) is 1. The molecule has 0 saturated carbocycles. The number of amides is 1. The van der Waals surface area contributed by atoms with Gasteiger partial charge in [-0.3, -0.25) is 4.79 Å². The van der Waals surface area contributed by atoms with Crippen LogP contribution >= 0.6 is 0 Å². The molecule has 0 saturated heterocycles. The molecule has 8 nitrogen and oxygen atoms in total. The van der Waals surface area contributed by atoms with Gasteiger partial charge < -0.3 is 10.2 Å². The summed E-state index contributed by atoms with van der Waals surface area (Å²) in [7, 11) is 1.79. The highest BCUT2D eigenvalue weighted by Gasteiger charge is 2.16. The lowest BCUT2D eigenvalue weighted by molar-refractivity contribution is -0.121. The number of anilines is 1. The standard InChI is InChI=1S/C11H17N7O/c1-11(2,3)12-10(19)7-17(4)9-6-5-8-13-15-16-18(8)14-9/h5-6H,7H2,1-4H3,(H,12,19). The molecule has 0 fully saturated rings. The third kappa shape index (κ3) is 3.36. The Kier molecular flexibility index (Phi) is 3.32. The molecular formula is C11H17N7O. The fourth-order valence-electron chi connectivity index (χ4n) is 1.60. The van der Waals surface area contributed by atoms with Crippen molar-refractivity contribution in [2.75, 3.05) is 18.5 Å². The van der Waals surface area contributed by atoms with Crippen molar-refractivity contribution in [1.29, 1.82) is 0 Å². The van der Waals surface area contributed by atoms with Crippen molar-refractivity contribution in [3.63, 3.8) is 0 Å². The highest BCUT2D eigenvalue weighted by molar-refractivity contribution is 5.81. The van der Waals surface area contributed by atoms with Gasteiger partial charge in [-0.2, -0.15) is 0 Å². The minimum Gasteiger partial charge on any atom is -0.350 e. The van der Waals surface area contributed by atoms with Gasteiger partial charge in [0.2, 0.25) is 5.91 Å². The minimum absolute atomic E-state index is 0.0615. The molecule has 0 spiro atoms. The van der Waals surface area contributed by atoms with Gasteiger partial charge in [-0.05, 0) is 43.3 Å². The molecule has 8 heteroatoms. The summed E-state index contributed by atoms with van der Waals surface area (Å²) in [5.41, 5.74) is 0.321. The van der Waals surface area contributed by atoms with Crippen LogP contribution in [-0.4, -0.2) is 50.3 Å². The fourth-order valence-corrected chi connectivity index (χ4v) is 1.60. The Bertz CT molecular complexity index is 586. The summed E-state index contributed by atoms with van der Waals surface area (Å²) in [5.74, 6) is 0.567. The predicted octanol–water partition coefficient (Wildman–Crippen LogP) is -0.130. The van der Waals surface area contributed by atoms with Crippen molar-refractivity contribution in [2.24, 2.45) is 0 Å². The Hall–Kier alpha value is -2.25. The van der Waals surface area contributed by atoms with Gasteiger partial charge in [-0.1, -0.05) is 0 Å². The highest BCUT2D eigenvalue weighted by atomic mass is 16.2. The fraction of sp³-hybridized carbons (Fsp3) is 0.545. The van der Waals surface area contributed by atoms with Crippen molar-refractivity contribution < 1.29 is 4.79 Å². The van der Waals surface area contributed by atoms with Gasteiger partial charge in [0.1, 0.15) is 0 Å². The van der Waals surface area contributed by atoms with E-state index in [2.05, 4.69) is 25.9 Å². The number of tetrazole rings is 1. The molecular weight excluding hydrogens is 246 g/mol. The SMILES string of the molecule is CN(CC(=O)NC(C)(C)C)c1ccc2nnnn2n1.